The predicted octanol–water partition coefficient (Wildman–Crippen LogP) is 3.66. The molecule has 0 heterocycles. The van der Waals surface area contributed by atoms with E-state index in [4.69, 9.17) is 4.74 Å². The number of rotatable bonds is 5. The first-order valence-corrected chi connectivity index (χ1v) is 7.20. The van der Waals surface area contributed by atoms with Crippen molar-refractivity contribution in [2.75, 3.05) is 7.11 Å². The van der Waals surface area contributed by atoms with Crippen LogP contribution in [0.2, 0.25) is 0 Å². The van der Waals surface area contributed by atoms with Gasteiger partial charge < -0.3 is 10.1 Å². The van der Waals surface area contributed by atoms with Crippen molar-refractivity contribution in [2.24, 2.45) is 0 Å². The molecule has 3 nitrogen and oxygen atoms in total. The highest BCUT2D eigenvalue weighted by atomic mass is 79.9. The van der Waals surface area contributed by atoms with Crippen molar-refractivity contribution in [3.05, 3.63) is 69.4 Å². The third kappa shape index (κ3) is 3.89. The number of halogens is 2. The normalized spacial score (nSPS) is 10.4. The Balaban J connectivity index is 2.09. The van der Waals surface area contributed by atoms with Crippen molar-refractivity contribution in [1.29, 1.82) is 0 Å². The number of hydrogen-bond acceptors (Lipinski definition) is 2. The lowest BCUT2D eigenvalue weighted by atomic mass is 10.1. The van der Waals surface area contributed by atoms with Gasteiger partial charge in [0.15, 0.2) is 0 Å². The maximum absolute atomic E-state index is 13.4. The third-order valence-electron chi connectivity index (χ3n) is 3.05. The van der Waals surface area contributed by atoms with Crippen LogP contribution in [-0.4, -0.2) is 13.0 Å². The first-order chi connectivity index (χ1) is 10.1. The number of hydrogen-bond donors (Lipinski definition) is 1. The average Bonchev–Trinajstić information content (AvgIpc) is 2.49. The van der Waals surface area contributed by atoms with Gasteiger partial charge in [0.1, 0.15) is 5.82 Å². The fourth-order valence-electron chi connectivity index (χ4n) is 1.98. The second-order valence-corrected chi connectivity index (χ2v) is 5.28. The van der Waals surface area contributed by atoms with Gasteiger partial charge in [0.05, 0.1) is 16.6 Å². The summed E-state index contributed by atoms with van der Waals surface area (Å²) < 4.78 is 18.7. The molecule has 0 saturated carbocycles. The lowest BCUT2D eigenvalue weighted by molar-refractivity contribution is 0.0949. The molecule has 2 aromatic carbocycles. The lowest BCUT2D eigenvalue weighted by Crippen LogP contribution is -2.24. The van der Waals surface area contributed by atoms with Gasteiger partial charge in [0, 0.05) is 13.7 Å². The molecule has 0 bridgehead atoms. The van der Waals surface area contributed by atoms with Crippen molar-refractivity contribution in [1.82, 2.24) is 5.32 Å². The number of ether oxygens (including phenoxy) is 1. The number of nitrogens with one attached hydrogen (secondary N) is 1. The summed E-state index contributed by atoms with van der Waals surface area (Å²) in [5, 5.41) is 2.79. The van der Waals surface area contributed by atoms with E-state index in [1.807, 2.05) is 24.3 Å². The van der Waals surface area contributed by atoms with Crippen molar-refractivity contribution < 1.29 is 13.9 Å². The highest BCUT2D eigenvalue weighted by molar-refractivity contribution is 9.10. The second-order valence-electron chi connectivity index (χ2n) is 4.49. The van der Waals surface area contributed by atoms with Crippen molar-refractivity contribution in [3.8, 4) is 0 Å². The summed E-state index contributed by atoms with van der Waals surface area (Å²) in [6.45, 7) is 0.844. The zero-order valence-corrected chi connectivity index (χ0v) is 13.1. The van der Waals surface area contributed by atoms with Gasteiger partial charge in [-0.15, -0.1) is 0 Å². The molecule has 0 aliphatic carbocycles. The molecule has 0 aliphatic rings. The number of benzene rings is 2. The van der Waals surface area contributed by atoms with Gasteiger partial charge in [-0.3, -0.25) is 4.79 Å². The van der Waals surface area contributed by atoms with Gasteiger partial charge in [0.2, 0.25) is 0 Å². The molecule has 5 heteroatoms. The average molecular weight is 352 g/mol. The highest BCUT2D eigenvalue weighted by Gasteiger charge is 2.13. The molecule has 0 radical (unpaired) electrons. The van der Waals surface area contributed by atoms with E-state index in [0.717, 1.165) is 11.1 Å². The molecule has 1 amide bonds. The predicted molar refractivity (Wildman–Crippen MR) is 82.4 cm³/mol. The minimum atomic E-state index is -0.456. The van der Waals surface area contributed by atoms with Gasteiger partial charge in [-0.1, -0.05) is 30.3 Å². The Morgan fingerprint density at radius 3 is 2.62 bits per heavy atom. The quantitative estimate of drug-likeness (QED) is 0.892. The van der Waals surface area contributed by atoms with Crippen LogP contribution >= 0.6 is 15.9 Å². The molecule has 21 heavy (non-hydrogen) atoms. The van der Waals surface area contributed by atoms with E-state index in [2.05, 4.69) is 21.2 Å². The first-order valence-electron chi connectivity index (χ1n) is 6.41. The standard InChI is InChI=1S/C16H15BrFNO2/c1-21-10-12-6-3-2-5-11(12)9-19-16(20)13-7-4-8-14(18)15(13)17/h2-8H,9-10H2,1H3,(H,19,20). The van der Waals surface area contributed by atoms with E-state index < -0.39 is 5.82 Å². The van der Waals surface area contributed by atoms with Crippen LogP contribution in [0.1, 0.15) is 21.5 Å². The van der Waals surface area contributed by atoms with Gasteiger partial charge in [0.25, 0.3) is 5.91 Å². The first kappa shape index (κ1) is 15.7. The zero-order valence-electron chi connectivity index (χ0n) is 11.5. The highest BCUT2D eigenvalue weighted by Crippen LogP contribution is 2.20. The second kappa shape index (κ2) is 7.33. The maximum atomic E-state index is 13.4. The molecule has 0 spiro atoms. The summed E-state index contributed by atoms with van der Waals surface area (Å²) in [5.41, 5.74) is 2.26. The topological polar surface area (TPSA) is 38.3 Å². The fourth-order valence-corrected chi connectivity index (χ4v) is 2.42. The molecule has 2 aromatic rings. The number of amides is 1. The molecule has 0 saturated heterocycles. The molecule has 110 valence electrons. The van der Waals surface area contributed by atoms with Crippen LogP contribution in [0.3, 0.4) is 0 Å². The van der Waals surface area contributed by atoms with Gasteiger partial charge >= 0.3 is 0 Å². The largest absolute Gasteiger partial charge is 0.380 e. The van der Waals surface area contributed by atoms with Crippen LogP contribution in [0.4, 0.5) is 4.39 Å². The Kier molecular flexibility index (Phi) is 5.47. The number of carbonyl (C=O) groups excluding carboxylic acids is 1. The Morgan fingerprint density at radius 2 is 1.90 bits per heavy atom. The van der Waals surface area contributed by atoms with Crippen molar-refractivity contribution >= 4 is 21.8 Å². The molecule has 1 N–H and O–H groups in total. The van der Waals surface area contributed by atoms with E-state index in [-0.39, 0.29) is 15.9 Å². The van der Waals surface area contributed by atoms with Crippen LogP contribution in [-0.2, 0) is 17.9 Å². The molecular formula is C16H15BrFNO2. The molecule has 0 aromatic heterocycles. The van der Waals surface area contributed by atoms with E-state index in [1.54, 1.807) is 13.2 Å². The third-order valence-corrected chi connectivity index (χ3v) is 3.86. The summed E-state index contributed by atoms with van der Waals surface area (Å²) in [4.78, 5) is 12.1. The summed E-state index contributed by atoms with van der Waals surface area (Å²) in [5.74, 6) is -0.781. The van der Waals surface area contributed by atoms with Crippen molar-refractivity contribution in [3.63, 3.8) is 0 Å². The maximum Gasteiger partial charge on any atom is 0.252 e. The Bertz CT molecular complexity index is 646. The number of methoxy groups -OCH3 is 1. The summed E-state index contributed by atoms with van der Waals surface area (Å²) >= 11 is 3.09. The van der Waals surface area contributed by atoms with Crippen LogP contribution in [0.15, 0.2) is 46.9 Å². The molecular weight excluding hydrogens is 337 g/mol. The van der Waals surface area contributed by atoms with E-state index in [0.29, 0.717) is 13.2 Å². The minimum absolute atomic E-state index is 0.174. The summed E-state index contributed by atoms with van der Waals surface area (Å²) in [6, 6.07) is 12.1. The van der Waals surface area contributed by atoms with Crippen LogP contribution in [0.25, 0.3) is 0 Å². The van der Waals surface area contributed by atoms with Gasteiger partial charge in [-0.05, 0) is 39.2 Å². The molecule has 0 atom stereocenters. The smallest absolute Gasteiger partial charge is 0.252 e. The summed E-state index contributed by atoms with van der Waals surface area (Å²) in [7, 11) is 1.62. The molecule has 0 unspecified atom stereocenters. The monoisotopic (exact) mass is 351 g/mol. The lowest BCUT2D eigenvalue weighted by Gasteiger charge is -2.11. The van der Waals surface area contributed by atoms with E-state index in [1.165, 1.54) is 12.1 Å². The van der Waals surface area contributed by atoms with E-state index in [9.17, 15) is 9.18 Å². The Hall–Kier alpha value is -1.72. The zero-order chi connectivity index (χ0) is 15.2. The van der Waals surface area contributed by atoms with Gasteiger partial charge in [-0.25, -0.2) is 4.39 Å². The van der Waals surface area contributed by atoms with E-state index >= 15 is 0 Å². The van der Waals surface area contributed by atoms with Crippen molar-refractivity contribution in [2.45, 2.75) is 13.2 Å². The Morgan fingerprint density at radius 1 is 1.19 bits per heavy atom. The fraction of sp³-hybridized carbons (Fsp3) is 0.188. The molecule has 0 fully saturated rings. The minimum Gasteiger partial charge on any atom is -0.380 e. The van der Waals surface area contributed by atoms with Crippen LogP contribution in [0, 0.1) is 5.82 Å². The SMILES string of the molecule is COCc1ccccc1CNC(=O)c1cccc(F)c1Br. The van der Waals surface area contributed by atoms with Gasteiger partial charge in [-0.2, -0.15) is 0 Å². The van der Waals surface area contributed by atoms with Crippen LogP contribution in [0.5, 0.6) is 0 Å². The molecule has 0 aliphatic heterocycles. The summed E-state index contributed by atoms with van der Waals surface area (Å²) in [6.07, 6.45) is 0. The number of carbonyl (C=O) groups is 1. The Labute approximate surface area is 131 Å². The molecule has 2 rings (SSSR count). The van der Waals surface area contributed by atoms with Crippen LogP contribution < -0.4 is 5.32 Å².